The molecule has 0 aliphatic heterocycles. The molecule has 3 aromatic rings. The van der Waals surface area contributed by atoms with Gasteiger partial charge < -0.3 is 9.47 Å². The van der Waals surface area contributed by atoms with Gasteiger partial charge in [-0.1, -0.05) is 12.1 Å². The van der Waals surface area contributed by atoms with Gasteiger partial charge in [-0.25, -0.2) is 9.82 Å². The number of nitrogens with zero attached hydrogens (tertiary/aromatic N) is 4. The number of nitrogens with one attached hydrogen (secondary N) is 1. The maximum atomic E-state index is 13.1. The van der Waals surface area contributed by atoms with E-state index >= 15 is 0 Å². The minimum Gasteiger partial charge on any atom is -0.493 e. The maximum Gasteiger partial charge on any atom is 0.312 e. The van der Waals surface area contributed by atoms with Crippen LogP contribution < -0.4 is 14.9 Å². The molecule has 3 rings (SSSR count). The Labute approximate surface area is 201 Å². The molecule has 1 aromatic heterocycles. The SMILES string of the molecule is COc1cc(C(C)=NNC(=O)C(C)n2nc(C)c([N+](=O)[O-])c2C)ccc1OCc1ccc(F)cc1. The van der Waals surface area contributed by atoms with Crippen LogP contribution in [0.25, 0.3) is 0 Å². The van der Waals surface area contributed by atoms with Crippen LogP contribution >= 0.6 is 0 Å². The average molecular weight is 484 g/mol. The predicted molar refractivity (Wildman–Crippen MR) is 127 cm³/mol. The van der Waals surface area contributed by atoms with Gasteiger partial charge >= 0.3 is 5.69 Å². The number of ether oxygens (including phenoxy) is 2. The summed E-state index contributed by atoms with van der Waals surface area (Å²) in [5.74, 6) is 0.171. The van der Waals surface area contributed by atoms with E-state index in [2.05, 4.69) is 15.6 Å². The lowest BCUT2D eigenvalue weighted by molar-refractivity contribution is -0.386. The lowest BCUT2D eigenvalue weighted by atomic mass is 10.1. The van der Waals surface area contributed by atoms with Crippen LogP contribution in [-0.4, -0.2) is 33.4 Å². The van der Waals surface area contributed by atoms with Crippen molar-refractivity contribution in [3.8, 4) is 11.5 Å². The van der Waals surface area contributed by atoms with Gasteiger partial charge in [-0.05, 0) is 63.6 Å². The standard InChI is InChI=1S/C24H26FN5O5/c1-14(26-27-24(31)17(4)29-16(3)23(30(32)33)15(2)28-29)19-8-11-21(22(12-19)34-5)35-13-18-6-9-20(25)10-7-18/h6-12,17H,13H2,1-5H3,(H,27,31). The Morgan fingerprint density at radius 2 is 1.91 bits per heavy atom. The van der Waals surface area contributed by atoms with E-state index in [1.807, 2.05) is 0 Å². The van der Waals surface area contributed by atoms with Crippen molar-refractivity contribution < 1.29 is 23.6 Å². The summed E-state index contributed by atoms with van der Waals surface area (Å²) in [7, 11) is 1.51. The zero-order chi connectivity index (χ0) is 25.7. The molecule has 0 aliphatic carbocycles. The molecule has 35 heavy (non-hydrogen) atoms. The Morgan fingerprint density at radius 1 is 1.23 bits per heavy atom. The maximum absolute atomic E-state index is 13.1. The summed E-state index contributed by atoms with van der Waals surface area (Å²) in [5.41, 5.74) is 4.89. The molecule has 1 unspecified atom stereocenters. The van der Waals surface area contributed by atoms with Gasteiger partial charge in [0.05, 0.1) is 17.7 Å². The smallest absolute Gasteiger partial charge is 0.312 e. The minimum atomic E-state index is -0.810. The molecule has 0 spiro atoms. The van der Waals surface area contributed by atoms with Crippen molar-refractivity contribution in [2.75, 3.05) is 7.11 Å². The number of carbonyl (C=O) groups excluding carboxylic acids is 1. The number of hydrazone groups is 1. The summed E-state index contributed by atoms with van der Waals surface area (Å²) < 4.78 is 25.6. The van der Waals surface area contributed by atoms with Crippen LogP contribution in [0.4, 0.5) is 10.1 Å². The van der Waals surface area contributed by atoms with E-state index in [0.29, 0.717) is 22.8 Å². The number of methoxy groups -OCH3 is 1. The fourth-order valence-electron chi connectivity index (χ4n) is 3.46. The lowest BCUT2D eigenvalue weighted by Crippen LogP contribution is -2.29. The van der Waals surface area contributed by atoms with E-state index in [-0.39, 0.29) is 29.5 Å². The first-order chi connectivity index (χ1) is 16.6. The monoisotopic (exact) mass is 483 g/mol. The van der Waals surface area contributed by atoms with E-state index in [4.69, 9.17) is 9.47 Å². The number of aromatic nitrogens is 2. The van der Waals surface area contributed by atoms with Crippen LogP contribution in [0.1, 0.15) is 42.4 Å². The van der Waals surface area contributed by atoms with E-state index < -0.39 is 16.9 Å². The van der Waals surface area contributed by atoms with Crippen molar-refractivity contribution in [1.29, 1.82) is 0 Å². The topological polar surface area (TPSA) is 121 Å². The van der Waals surface area contributed by atoms with Crippen molar-refractivity contribution in [1.82, 2.24) is 15.2 Å². The molecule has 0 fully saturated rings. The predicted octanol–water partition coefficient (Wildman–Crippen LogP) is 4.24. The molecule has 0 aliphatic rings. The third kappa shape index (κ3) is 5.81. The van der Waals surface area contributed by atoms with Gasteiger partial charge in [0.2, 0.25) is 0 Å². The number of carbonyl (C=O) groups is 1. The van der Waals surface area contributed by atoms with Gasteiger partial charge in [-0.3, -0.25) is 19.6 Å². The molecule has 0 bridgehead atoms. The highest BCUT2D eigenvalue weighted by molar-refractivity contribution is 5.99. The zero-order valence-electron chi connectivity index (χ0n) is 20.0. The zero-order valence-corrected chi connectivity index (χ0v) is 20.0. The molecule has 1 N–H and O–H groups in total. The number of benzene rings is 2. The van der Waals surface area contributed by atoms with Crippen LogP contribution in [0.5, 0.6) is 11.5 Å². The molecule has 1 atom stereocenters. The molecule has 0 saturated heterocycles. The molecule has 0 saturated carbocycles. The molecular formula is C24H26FN5O5. The molecule has 11 heteroatoms. The van der Waals surface area contributed by atoms with Crippen molar-refractivity contribution in [3.05, 3.63) is 80.9 Å². The summed E-state index contributed by atoms with van der Waals surface area (Å²) in [5, 5.41) is 19.5. The normalized spacial score (nSPS) is 12.2. The summed E-state index contributed by atoms with van der Waals surface area (Å²) >= 11 is 0. The van der Waals surface area contributed by atoms with Crippen LogP contribution in [0.15, 0.2) is 47.6 Å². The Morgan fingerprint density at radius 3 is 2.51 bits per heavy atom. The van der Waals surface area contributed by atoms with Gasteiger partial charge in [-0.15, -0.1) is 0 Å². The van der Waals surface area contributed by atoms with Gasteiger partial charge in [0.15, 0.2) is 11.5 Å². The Balaban J connectivity index is 1.69. The van der Waals surface area contributed by atoms with Crippen molar-refractivity contribution in [3.63, 3.8) is 0 Å². The summed E-state index contributed by atoms with van der Waals surface area (Å²) in [6.07, 6.45) is 0. The van der Waals surface area contributed by atoms with Crippen molar-refractivity contribution >= 4 is 17.3 Å². The summed E-state index contributed by atoms with van der Waals surface area (Å²) in [6.45, 7) is 6.60. The van der Waals surface area contributed by atoms with Crippen LogP contribution in [-0.2, 0) is 11.4 Å². The number of rotatable bonds is 9. The molecule has 10 nitrogen and oxygen atoms in total. The number of halogens is 1. The number of nitro groups is 1. The molecule has 1 heterocycles. The van der Waals surface area contributed by atoms with E-state index in [9.17, 15) is 19.3 Å². The molecule has 1 amide bonds. The van der Waals surface area contributed by atoms with E-state index in [0.717, 1.165) is 5.56 Å². The first-order valence-corrected chi connectivity index (χ1v) is 10.7. The first-order valence-electron chi connectivity index (χ1n) is 10.7. The minimum absolute atomic E-state index is 0.113. The Kier molecular flexibility index (Phi) is 7.80. The summed E-state index contributed by atoms with van der Waals surface area (Å²) in [6, 6.07) is 10.4. The van der Waals surface area contributed by atoms with Crippen molar-refractivity contribution in [2.24, 2.45) is 5.10 Å². The van der Waals surface area contributed by atoms with Crippen molar-refractivity contribution in [2.45, 2.75) is 40.3 Å². The summed E-state index contributed by atoms with van der Waals surface area (Å²) in [4.78, 5) is 23.3. The third-order valence-corrected chi connectivity index (χ3v) is 5.44. The molecule has 0 radical (unpaired) electrons. The number of amides is 1. The lowest BCUT2D eigenvalue weighted by Gasteiger charge is -2.13. The van der Waals surface area contributed by atoms with Crippen LogP contribution in [0, 0.1) is 29.8 Å². The van der Waals surface area contributed by atoms with Crippen LogP contribution in [0.2, 0.25) is 0 Å². The third-order valence-electron chi connectivity index (χ3n) is 5.44. The first kappa shape index (κ1) is 25.3. The highest BCUT2D eigenvalue weighted by Crippen LogP contribution is 2.29. The second-order valence-electron chi connectivity index (χ2n) is 7.85. The highest BCUT2D eigenvalue weighted by Gasteiger charge is 2.27. The van der Waals surface area contributed by atoms with Gasteiger partial charge in [0.1, 0.15) is 29.9 Å². The molecule has 184 valence electrons. The average Bonchev–Trinajstić information content (AvgIpc) is 3.15. The number of aryl methyl sites for hydroxylation is 1. The highest BCUT2D eigenvalue weighted by atomic mass is 19.1. The Bertz CT molecular complexity index is 1270. The fraction of sp³-hybridized carbons (Fsp3) is 0.292. The quantitative estimate of drug-likeness (QED) is 0.276. The van der Waals surface area contributed by atoms with Gasteiger partial charge in [-0.2, -0.15) is 10.2 Å². The molecule has 2 aromatic carbocycles. The largest absolute Gasteiger partial charge is 0.493 e. The second kappa shape index (κ2) is 10.8. The van der Waals surface area contributed by atoms with Gasteiger partial charge in [0.25, 0.3) is 5.91 Å². The Hall–Kier alpha value is -4.28. The number of hydrogen-bond acceptors (Lipinski definition) is 7. The fourth-order valence-corrected chi connectivity index (χ4v) is 3.46. The van der Waals surface area contributed by atoms with Gasteiger partial charge in [0, 0.05) is 5.56 Å². The second-order valence-corrected chi connectivity index (χ2v) is 7.85. The van der Waals surface area contributed by atoms with Crippen LogP contribution in [0.3, 0.4) is 0 Å². The van der Waals surface area contributed by atoms with E-state index in [1.54, 1.807) is 51.1 Å². The molecular weight excluding hydrogens is 457 g/mol. The van der Waals surface area contributed by atoms with E-state index in [1.165, 1.54) is 30.8 Å². The number of hydrogen-bond donors (Lipinski definition) is 1.